The van der Waals surface area contributed by atoms with E-state index in [1.54, 1.807) is 30.3 Å². The molecule has 0 saturated heterocycles. The molecule has 5 rings (SSSR count). The van der Waals surface area contributed by atoms with Gasteiger partial charge in [0.1, 0.15) is 26.4 Å². The van der Waals surface area contributed by atoms with Crippen LogP contribution in [0.3, 0.4) is 0 Å². The lowest BCUT2D eigenvalue weighted by molar-refractivity contribution is 0.0532. The first-order valence-corrected chi connectivity index (χ1v) is 11.4. The molecule has 186 valence electrons. The van der Waals surface area contributed by atoms with E-state index in [1.165, 1.54) is 6.07 Å². The van der Waals surface area contributed by atoms with Gasteiger partial charge in [0.05, 0.1) is 22.5 Å². The third-order valence-electron chi connectivity index (χ3n) is 5.40. The number of esters is 2. The van der Waals surface area contributed by atoms with Gasteiger partial charge in [0.25, 0.3) is 0 Å². The molecule has 0 saturated carbocycles. The van der Waals surface area contributed by atoms with Crippen LogP contribution >= 0.6 is 0 Å². The molecule has 0 radical (unpaired) electrons. The number of ether oxygens (including phenoxy) is 6. The number of carbonyl (C=O) groups is 2. The Morgan fingerprint density at radius 1 is 0.639 bits per heavy atom. The summed E-state index contributed by atoms with van der Waals surface area (Å²) in [6, 6.07) is 17.0. The maximum Gasteiger partial charge on any atom is 0.339 e. The maximum absolute atomic E-state index is 12.5. The molecule has 0 bridgehead atoms. The molecule has 0 atom stereocenters. The molecule has 3 aromatic carbocycles. The number of carbonyl (C=O) groups excluding carboxylic acids is 2. The molecule has 2 aliphatic rings. The van der Waals surface area contributed by atoms with Gasteiger partial charge in [-0.3, -0.25) is 0 Å². The fourth-order valence-electron chi connectivity index (χ4n) is 3.72. The van der Waals surface area contributed by atoms with Crippen molar-refractivity contribution in [1.82, 2.24) is 0 Å². The van der Waals surface area contributed by atoms with Crippen LogP contribution in [0.15, 0.2) is 60.7 Å². The number of hydrogen-bond acceptors (Lipinski definition) is 10. The lowest BCUT2D eigenvalue weighted by atomic mass is 10.1. The van der Waals surface area contributed by atoms with Crippen LogP contribution in [0.4, 0.5) is 11.4 Å². The molecule has 0 aliphatic carbocycles. The third-order valence-corrected chi connectivity index (χ3v) is 5.40. The van der Waals surface area contributed by atoms with E-state index in [1.807, 2.05) is 24.3 Å². The first-order chi connectivity index (χ1) is 17.7. The highest BCUT2D eigenvalue weighted by Gasteiger charge is 2.18. The number of nitrogens with one attached hydrogen (secondary N) is 2. The van der Waals surface area contributed by atoms with Crippen LogP contribution in [-0.2, 0) is 9.47 Å². The summed E-state index contributed by atoms with van der Waals surface area (Å²) in [4.78, 5) is 25.1. The Morgan fingerprint density at radius 3 is 1.58 bits per heavy atom. The van der Waals surface area contributed by atoms with E-state index in [-0.39, 0.29) is 24.6 Å². The van der Waals surface area contributed by atoms with Crippen molar-refractivity contribution in [3.63, 3.8) is 0 Å². The van der Waals surface area contributed by atoms with Crippen LogP contribution in [0, 0.1) is 0 Å². The summed E-state index contributed by atoms with van der Waals surface area (Å²) in [5.74, 6) is 1.23. The molecule has 2 N–H and O–H groups in total. The summed E-state index contributed by atoms with van der Waals surface area (Å²) in [5, 5.41) is 6.02. The lowest BCUT2D eigenvalue weighted by Crippen LogP contribution is -2.19. The molecule has 3 aromatic rings. The average Bonchev–Trinajstić information content (AvgIpc) is 2.93. The molecule has 2 aliphatic heterocycles. The predicted molar refractivity (Wildman–Crippen MR) is 129 cm³/mol. The van der Waals surface area contributed by atoms with E-state index in [2.05, 4.69) is 10.6 Å². The second-order valence-corrected chi connectivity index (χ2v) is 7.75. The van der Waals surface area contributed by atoms with E-state index in [0.29, 0.717) is 60.8 Å². The zero-order valence-corrected chi connectivity index (χ0v) is 19.3. The highest BCUT2D eigenvalue weighted by molar-refractivity contribution is 5.95. The highest BCUT2D eigenvalue weighted by atomic mass is 16.6. The lowest BCUT2D eigenvalue weighted by Gasteiger charge is -2.21. The zero-order chi connectivity index (χ0) is 24.7. The number of fused-ring (bicyclic) bond motifs is 2. The number of hydrogen-bond donors (Lipinski definition) is 2. The molecule has 0 spiro atoms. The predicted octanol–water partition coefficient (Wildman–Crippen LogP) is 3.68. The van der Waals surface area contributed by atoms with Crippen molar-refractivity contribution < 1.29 is 38.0 Å². The van der Waals surface area contributed by atoms with Crippen molar-refractivity contribution in [3.05, 3.63) is 71.8 Å². The van der Waals surface area contributed by atoms with Gasteiger partial charge in [-0.1, -0.05) is 18.2 Å². The molecule has 0 amide bonds. The van der Waals surface area contributed by atoms with Gasteiger partial charge in [0, 0.05) is 0 Å². The van der Waals surface area contributed by atoms with E-state index < -0.39 is 11.9 Å². The molecule has 2 heterocycles. The van der Waals surface area contributed by atoms with Gasteiger partial charge in [-0.2, -0.15) is 0 Å². The van der Waals surface area contributed by atoms with Crippen LogP contribution in [0.2, 0.25) is 0 Å². The smallest absolute Gasteiger partial charge is 0.339 e. The van der Waals surface area contributed by atoms with E-state index in [4.69, 9.17) is 28.4 Å². The minimum Gasteiger partial charge on any atom is -0.486 e. The Bertz CT molecular complexity index is 1170. The molecule has 0 unspecified atom stereocenters. The monoisotopic (exact) mass is 492 g/mol. The van der Waals surface area contributed by atoms with Crippen molar-refractivity contribution in [3.8, 4) is 23.0 Å². The summed E-state index contributed by atoms with van der Waals surface area (Å²) in [5.41, 5.74) is 1.75. The van der Waals surface area contributed by atoms with Crippen LogP contribution in [-0.4, -0.2) is 51.8 Å². The van der Waals surface area contributed by atoms with E-state index in [0.717, 1.165) is 0 Å². The quantitative estimate of drug-likeness (QED) is 0.357. The SMILES string of the molecule is O=C(OCNc1cccc2c1OCCO2)c1cccc(C(=O)OCNc2cccc3c2OCCO3)c1. The number of rotatable bonds is 8. The fourth-order valence-corrected chi connectivity index (χ4v) is 3.72. The minimum absolute atomic E-state index is 0.0928. The van der Waals surface area contributed by atoms with E-state index >= 15 is 0 Å². The van der Waals surface area contributed by atoms with Crippen LogP contribution in [0.25, 0.3) is 0 Å². The first kappa shape index (κ1) is 23.2. The molecule has 36 heavy (non-hydrogen) atoms. The Kier molecular flexibility index (Phi) is 6.93. The highest BCUT2D eigenvalue weighted by Crippen LogP contribution is 2.38. The molecule has 0 aromatic heterocycles. The van der Waals surface area contributed by atoms with Crippen molar-refractivity contribution in [2.75, 3.05) is 50.5 Å². The topological polar surface area (TPSA) is 114 Å². The summed E-state index contributed by atoms with van der Waals surface area (Å²) in [6.45, 7) is 1.67. The standard InChI is InChI=1S/C26H24N2O8/c29-25(35-15-27-19-6-2-8-21-23(19)33-12-10-31-21)17-4-1-5-18(14-17)26(30)36-16-28-20-7-3-9-22-24(20)34-13-11-32-22/h1-9,14,27-28H,10-13,15-16H2. The van der Waals surface area contributed by atoms with Gasteiger partial charge in [-0.25, -0.2) is 9.59 Å². The summed E-state index contributed by atoms with van der Waals surface area (Å²) in [6.07, 6.45) is 0. The van der Waals surface area contributed by atoms with Crippen molar-refractivity contribution in [2.45, 2.75) is 0 Å². The molecule has 10 heteroatoms. The van der Waals surface area contributed by atoms with Gasteiger partial charge in [-0.15, -0.1) is 0 Å². The second kappa shape index (κ2) is 10.8. The molecule has 10 nitrogen and oxygen atoms in total. The van der Waals surface area contributed by atoms with Crippen LogP contribution in [0.1, 0.15) is 20.7 Å². The largest absolute Gasteiger partial charge is 0.486 e. The fraction of sp³-hybridized carbons (Fsp3) is 0.231. The normalized spacial score (nSPS) is 13.3. The van der Waals surface area contributed by atoms with Crippen LogP contribution in [0.5, 0.6) is 23.0 Å². The third kappa shape index (κ3) is 5.22. The van der Waals surface area contributed by atoms with Gasteiger partial charge in [0.2, 0.25) is 0 Å². The van der Waals surface area contributed by atoms with Crippen molar-refractivity contribution in [1.29, 1.82) is 0 Å². The summed E-state index contributed by atoms with van der Waals surface area (Å²) >= 11 is 0. The summed E-state index contributed by atoms with van der Waals surface area (Å²) < 4.78 is 33.0. The van der Waals surface area contributed by atoms with Gasteiger partial charge in [-0.05, 0) is 42.5 Å². The Morgan fingerprint density at radius 2 is 1.08 bits per heavy atom. The Hall–Kier alpha value is -4.60. The second-order valence-electron chi connectivity index (χ2n) is 7.75. The zero-order valence-electron chi connectivity index (χ0n) is 19.3. The number of anilines is 2. The van der Waals surface area contributed by atoms with Crippen molar-refractivity contribution in [2.24, 2.45) is 0 Å². The molecular formula is C26H24N2O8. The Balaban J connectivity index is 1.13. The number of benzene rings is 3. The Labute approximate surface area is 207 Å². The molecule has 0 fully saturated rings. The van der Waals surface area contributed by atoms with Crippen molar-refractivity contribution >= 4 is 23.3 Å². The number of para-hydroxylation sites is 2. The average molecular weight is 492 g/mol. The van der Waals surface area contributed by atoms with Gasteiger partial charge >= 0.3 is 11.9 Å². The minimum atomic E-state index is -0.592. The first-order valence-electron chi connectivity index (χ1n) is 11.4. The van der Waals surface area contributed by atoms with E-state index in [9.17, 15) is 9.59 Å². The maximum atomic E-state index is 12.5. The van der Waals surface area contributed by atoms with Gasteiger partial charge < -0.3 is 39.1 Å². The van der Waals surface area contributed by atoms with Gasteiger partial charge in [0.15, 0.2) is 36.5 Å². The summed E-state index contributed by atoms with van der Waals surface area (Å²) in [7, 11) is 0. The molecular weight excluding hydrogens is 468 g/mol. The van der Waals surface area contributed by atoms with Crippen LogP contribution < -0.4 is 29.6 Å².